The van der Waals surface area contributed by atoms with Crippen LogP contribution in [0.15, 0.2) is 59.3 Å². The molecule has 0 aliphatic carbocycles. The smallest absolute Gasteiger partial charge is 0.357 e. The molecule has 10 heteroatoms. The minimum absolute atomic E-state index is 0.282. The lowest BCUT2D eigenvalue weighted by molar-refractivity contribution is 0.0520. The van der Waals surface area contributed by atoms with E-state index in [2.05, 4.69) is 20.2 Å². The Labute approximate surface area is 180 Å². The van der Waals surface area contributed by atoms with Gasteiger partial charge >= 0.3 is 5.97 Å². The topological polar surface area (TPSA) is 82.8 Å². The Morgan fingerprint density at radius 3 is 2.87 bits per heavy atom. The van der Waals surface area contributed by atoms with Crippen LogP contribution in [0.4, 0.5) is 4.39 Å². The molecule has 3 aromatic heterocycles. The number of carbonyl (C=O) groups is 1. The van der Waals surface area contributed by atoms with Gasteiger partial charge in [0.2, 0.25) is 0 Å². The lowest BCUT2D eigenvalue weighted by atomic mass is 10.2. The van der Waals surface area contributed by atoms with Crippen molar-refractivity contribution >= 4 is 29.1 Å². The molecule has 1 aromatic carbocycles. The summed E-state index contributed by atoms with van der Waals surface area (Å²) in [4.78, 5) is 20.2. The van der Waals surface area contributed by atoms with Crippen LogP contribution in [0.2, 0.25) is 0 Å². The van der Waals surface area contributed by atoms with Crippen LogP contribution in [-0.4, -0.2) is 37.3 Å². The molecule has 0 radical (unpaired) electrons. The molecule has 0 saturated carbocycles. The molecule has 0 unspecified atom stereocenters. The van der Waals surface area contributed by atoms with E-state index in [4.69, 9.17) is 4.74 Å². The fourth-order valence-electron chi connectivity index (χ4n) is 2.70. The summed E-state index contributed by atoms with van der Waals surface area (Å²) < 4.78 is 21.2. The lowest BCUT2D eigenvalue weighted by Gasteiger charge is -2.10. The first kappa shape index (κ1) is 20.2. The number of rotatable bonds is 7. The van der Waals surface area contributed by atoms with Crippen LogP contribution in [0.5, 0.6) is 0 Å². The Kier molecular flexibility index (Phi) is 6.15. The van der Waals surface area contributed by atoms with Crippen molar-refractivity contribution in [2.45, 2.75) is 17.8 Å². The number of esters is 1. The van der Waals surface area contributed by atoms with Crippen molar-refractivity contribution in [2.75, 3.05) is 6.61 Å². The second-order valence-corrected chi connectivity index (χ2v) is 7.86. The molecule has 30 heavy (non-hydrogen) atoms. The lowest BCUT2D eigenvalue weighted by Crippen LogP contribution is -2.05. The number of hydrogen-bond acceptors (Lipinski definition) is 8. The monoisotopic (exact) mass is 441 g/mol. The molecular formula is C20H16FN5O2S2. The number of aromatic nitrogens is 5. The molecule has 0 fully saturated rings. The van der Waals surface area contributed by atoms with Gasteiger partial charge in [-0.3, -0.25) is 9.55 Å². The molecule has 0 atom stereocenters. The summed E-state index contributed by atoms with van der Waals surface area (Å²) in [7, 11) is 0. The molecule has 4 aromatic rings. The number of benzene rings is 1. The first-order valence-electron chi connectivity index (χ1n) is 9.02. The minimum atomic E-state index is -0.446. The van der Waals surface area contributed by atoms with Gasteiger partial charge in [-0.1, -0.05) is 23.9 Å². The number of nitrogens with zero attached hydrogens (tertiary/aromatic N) is 5. The first-order valence-corrected chi connectivity index (χ1v) is 10.9. The van der Waals surface area contributed by atoms with Crippen molar-refractivity contribution in [1.82, 2.24) is 24.7 Å². The zero-order chi connectivity index (χ0) is 20.9. The molecule has 0 saturated heterocycles. The normalized spacial score (nSPS) is 10.9. The van der Waals surface area contributed by atoms with Crippen LogP contribution in [0.25, 0.3) is 17.1 Å². The number of para-hydroxylation sites is 1. The van der Waals surface area contributed by atoms with Crippen LogP contribution in [0.1, 0.15) is 22.4 Å². The molecule has 3 heterocycles. The van der Waals surface area contributed by atoms with Crippen molar-refractivity contribution < 1.29 is 13.9 Å². The molecular weight excluding hydrogens is 425 g/mol. The van der Waals surface area contributed by atoms with E-state index in [1.807, 2.05) is 6.07 Å². The van der Waals surface area contributed by atoms with E-state index in [0.717, 1.165) is 10.6 Å². The summed E-state index contributed by atoms with van der Waals surface area (Å²) in [6.45, 7) is 2.04. The van der Waals surface area contributed by atoms with E-state index in [9.17, 15) is 9.18 Å². The van der Waals surface area contributed by atoms with Gasteiger partial charge in [0, 0.05) is 23.3 Å². The van der Waals surface area contributed by atoms with E-state index >= 15 is 0 Å². The highest BCUT2D eigenvalue weighted by molar-refractivity contribution is 7.98. The van der Waals surface area contributed by atoms with E-state index in [1.54, 1.807) is 53.5 Å². The summed E-state index contributed by atoms with van der Waals surface area (Å²) in [6.07, 6.45) is 3.31. The van der Waals surface area contributed by atoms with Crippen LogP contribution in [-0.2, 0) is 10.5 Å². The van der Waals surface area contributed by atoms with E-state index < -0.39 is 5.97 Å². The first-order chi connectivity index (χ1) is 14.7. The highest BCUT2D eigenvalue weighted by atomic mass is 32.2. The Morgan fingerprint density at radius 1 is 1.23 bits per heavy atom. The third kappa shape index (κ3) is 4.24. The van der Waals surface area contributed by atoms with E-state index in [-0.39, 0.29) is 11.5 Å². The number of thiazole rings is 1. The second kappa shape index (κ2) is 9.14. The molecule has 0 amide bonds. The largest absolute Gasteiger partial charge is 0.461 e. The number of hydrogen-bond donors (Lipinski definition) is 0. The molecule has 0 aliphatic rings. The van der Waals surface area contributed by atoms with Crippen molar-refractivity contribution in [2.24, 2.45) is 0 Å². The van der Waals surface area contributed by atoms with Crippen LogP contribution >= 0.6 is 23.1 Å². The average Bonchev–Trinajstić information content (AvgIpc) is 3.41. The van der Waals surface area contributed by atoms with Gasteiger partial charge in [-0.05, 0) is 31.2 Å². The predicted octanol–water partition coefficient (Wildman–Crippen LogP) is 4.39. The van der Waals surface area contributed by atoms with Gasteiger partial charge in [-0.15, -0.1) is 21.5 Å². The summed E-state index contributed by atoms with van der Waals surface area (Å²) in [5.41, 5.74) is 1.35. The number of pyridine rings is 1. The molecule has 0 spiro atoms. The Morgan fingerprint density at radius 2 is 2.10 bits per heavy atom. The quantitative estimate of drug-likeness (QED) is 0.311. The second-order valence-electron chi connectivity index (χ2n) is 5.97. The van der Waals surface area contributed by atoms with Crippen LogP contribution in [0.3, 0.4) is 0 Å². The van der Waals surface area contributed by atoms with E-state index in [0.29, 0.717) is 29.0 Å². The van der Waals surface area contributed by atoms with Crippen molar-refractivity contribution in [3.63, 3.8) is 0 Å². The van der Waals surface area contributed by atoms with Gasteiger partial charge in [-0.25, -0.2) is 14.2 Å². The average molecular weight is 442 g/mol. The highest BCUT2D eigenvalue weighted by Crippen LogP contribution is 2.31. The standard InChI is InChI=1S/C20H16FN5O2S2/c1-2-28-19(27)15-11-29-17(23-15)12-30-20-25-24-18(13-6-5-9-22-10-13)26(20)16-8-4-3-7-14(16)21/h3-11H,2,12H2,1H3. The maximum atomic E-state index is 14.6. The van der Waals surface area contributed by atoms with Gasteiger partial charge in [0.25, 0.3) is 0 Å². The van der Waals surface area contributed by atoms with Crippen molar-refractivity contribution in [3.05, 3.63) is 70.7 Å². The third-order valence-corrected chi connectivity index (χ3v) is 5.98. The molecule has 0 bridgehead atoms. The number of thioether (sulfide) groups is 1. The zero-order valence-electron chi connectivity index (χ0n) is 15.9. The third-order valence-electron chi connectivity index (χ3n) is 4.01. The zero-order valence-corrected chi connectivity index (χ0v) is 17.5. The van der Waals surface area contributed by atoms with Gasteiger partial charge in [0.15, 0.2) is 16.7 Å². The summed E-state index contributed by atoms with van der Waals surface area (Å²) in [6, 6.07) is 10.1. The van der Waals surface area contributed by atoms with Gasteiger partial charge in [-0.2, -0.15) is 0 Å². The minimum Gasteiger partial charge on any atom is -0.461 e. The molecule has 0 N–H and O–H groups in total. The summed E-state index contributed by atoms with van der Waals surface area (Å²) in [5.74, 6) is 0.104. The molecule has 152 valence electrons. The maximum absolute atomic E-state index is 14.6. The Hall–Kier alpha value is -3.11. The van der Waals surface area contributed by atoms with Gasteiger partial charge in [0.05, 0.1) is 18.0 Å². The Bertz CT molecular complexity index is 1160. The molecule has 0 aliphatic heterocycles. The van der Waals surface area contributed by atoms with E-state index in [1.165, 1.54) is 29.2 Å². The fraction of sp³-hybridized carbons (Fsp3) is 0.150. The van der Waals surface area contributed by atoms with Gasteiger partial charge < -0.3 is 4.74 Å². The fourth-order valence-corrected chi connectivity index (χ4v) is 4.42. The highest BCUT2D eigenvalue weighted by Gasteiger charge is 2.19. The van der Waals surface area contributed by atoms with Gasteiger partial charge in [0.1, 0.15) is 10.8 Å². The summed E-state index contributed by atoms with van der Waals surface area (Å²) >= 11 is 2.71. The molecule has 4 rings (SSSR count). The van der Waals surface area contributed by atoms with Crippen molar-refractivity contribution in [1.29, 1.82) is 0 Å². The number of ether oxygens (including phenoxy) is 1. The summed E-state index contributed by atoms with van der Waals surface area (Å²) in [5, 5.41) is 11.4. The van der Waals surface area contributed by atoms with Crippen molar-refractivity contribution in [3.8, 4) is 17.1 Å². The Balaban J connectivity index is 1.65. The SMILES string of the molecule is CCOC(=O)c1csc(CSc2nnc(-c3cccnc3)n2-c2ccccc2F)n1. The number of halogens is 1. The number of carbonyl (C=O) groups excluding carboxylic acids is 1. The molecule has 7 nitrogen and oxygen atoms in total. The van der Waals surface area contributed by atoms with Crippen LogP contribution in [0, 0.1) is 5.82 Å². The van der Waals surface area contributed by atoms with Crippen LogP contribution < -0.4 is 0 Å². The predicted molar refractivity (Wildman–Crippen MR) is 112 cm³/mol. The maximum Gasteiger partial charge on any atom is 0.357 e.